The molecule has 0 aromatic carbocycles. The van der Waals surface area contributed by atoms with Gasteiger partial charge in [-0.05, 0) is 24.5 Å². The van der Waals surface area contributed by atoms with E-state index in [1.165, 1.54) is 16.5 Å². The summed E-state index contributed by atoms with van der Waals surface area (Å²) in [5.41, 5.74) is 3.72. The molecule has 3 rings (SSSR count). The van der Waals surface area contributed by atoms with Gasteiger partial charge in [0.1, 0.15) is 17.8 Å². The molecule has 1 aliphatic rings. The Morgan fingerprint density at radius 2 is 2.24 bits per heavy atom. The van der Waals surface area contributed by atoms with Gasteiger partial charge >= 0.3 is 0 Å². The Balaban J connectivity index is 2.07. The maximum Gasteiger partial charge on any atom is 0.143 e. The van der Waals surface area contributed by atoms with Gasteiger partial charge in [0.25, 0.3) is 0 Å². The number of allylic oxidation sites excluding steroid dienone is 1. The number of aromatic nitrogens is 3. The summed E-state index contributed by atoms with van der Waals surface area (Å²) >= 11 is 0. The zero-order valence-corrected chi connectivity index (χ0v) is 10.2. The molecule has 0 atom stereocenters. The number of nitrogens with zero attached hydrogens (tertiary/aromatic N) is 3. The van der Waals surface area contributed by atoms with Crippen molar-refractivity contribution in [2.75, 3.05) is 18.0 Å². The SMILES string of the molecule is CC=C1CN(c2ncnc3[nH]cc(CC)c23)C1. The summed E-state index contributed by atoms with van der Waals surface area (Å²) in [4.78, 5) is 14.2. The first kappa shape index (κ1) is 10.3. The Kier molecular flexibility index (Phi) is 2.35. The van der Waals surface area contributed by atoms with Gasteiger partial charge in [0.05, 0.1) is 5.39 Å². The van der Waals surface area contributed by atoms with Crippen LogP contribution in [0.25, 0.3) is 11.0 Å². The van der Waals surface area contributed by atoms with E-state index in [0.29, 0.717) is 0 Å². The molecule has 1 N–H and O–H groups in total. The van der Waals surface area contributed by atoms with Crippen molar-refractivity contribution in [3.63, 3.8) is 0 Å². The van der Waals surface area contributed by atoms with Crippen LogP contribution in [0.3, 0.4) is 0 Å². The van der Waals surface area contributed by atoms with E-state index in [4.69, 9.17) is 0 Å². The lowest BCUT2D eigenvalue weighted by molar-refractivity contribution is 0.757. The van der Waals surface area contributed by atoms with E-state index in [-0.39, 0.29) is 0 Å². The van der Waals surface area contributed by atoms with Crippen LogP contribution in [0.5, 0.6) is 0 Å². The molecule has 0 aliphatic carbocycles. The lowest BCUT2D eigenvalue weighted by Crippen LogP contribution is -2.40. The number of fused-ring (bicyclic) bond motifs is 1. The third kappa shape index (κ3) is 1.52. The van der Waals surface area contributed by atoms with E-state index < -0.39 is 0 Å². The molecule has 2 aromatic rings. The fourth-order valence-corrected chi connectivity index (χ4v) is 2.30. The minimum atomic E-state index is 0.945. The largest absolute Gasteiger partial charge is 0.348 e. The summed E-state index contributed by atoms with van der Waals surface area (Å²) in [7, 11) is 0. The van der Waals surface area contributed by atoms with Gasteiger partial charge in [-0.15, -0.1) is 0 Å². The molecule has 0 bridgehead atoms. The number of rotatable bonds is 2. The first-order valence-corrected chi connectivity index (χ1v) is 6.03. The number of nitrogens with one attached hydrogen (secondary N) is 1. The summed E-state index contributed by atoms with van der Waals surface area (Å²) in [6, 6.07) is 0. The summed E-state index contributed by atoms with van der Waals surface area (Å²) in [5, 5.41) is 1.19. The van der Waals surface area contributed by atoms with Gasteiger partial charge in [-0.25, -0.2) is 9.97 Å². The van der Waals surface area contributed by atoms with Crippen LogP contribution < -0.4 is 4.90 Å². The highest BCUT2D eigenvalue weighted by molar-refractivity contribution is 5.91. The monoisotopic (exact) mass is 228 g/mol. The van der Waals surface area contributed by atoms with Crippen LogP contribution in [-0.2, 0) is 6.42 Å². The second kappa shape index (κ2) is 3.87. The average molecular weight is 228 g/mol. The molecular weight excluding hydrogens is 212 g/mol. The van der Waals surface area contributed by atoms with Crippen molar-refractivity contribution < 1.29 is 0 Å². The van der Waals surface area contributed by atoms with Crippen molar-refractivity contribution in [2.45, 2.75) is 20.3 Å². The summed E-state index contributed by atoms with van der Waals surface area (Å²) in [6.45, 7) is 6.25. The molecule has 4 heteroatoms. The molecule has 1 aliphatic heterocycles. The van der Waals surface area contributed by atoms with Crippen molar-refractivity contribution in [3.05, 3.63) is 29.7 Å². The third-order valence-corrected chi connectivity index (χ3v) is 3.41. The number of hydrogen-bond acceptors (Lipinski definition) is 3. The van der Waals surface area contributed by atoms with Crippen LogP contribution in [0.2, 0.25) is 0 Å². The Morgan fingerprint density at radius 3 is 2.94 bits per heavy atom. The van der Waals surface area contributed by atoms with Gasteiger partial charge in [-0.1, -0.05) is 13.0 Å². The molecular formula is C13H16N4. The second-order valence-corrected chi connectivity index (χ2v) is 4.39. The normalized spacial score (nSPS) is 15.2. The molecule has 0 amide bonds. The maximum atomic E-state index is 4.45. The van der Waals surface area contributed by atoms with Gasteiger partial charge in [0.15, 0.2) is 0 Å². The zero-order valence-electron chi connectivity index (χ0n) is 10.2. The molecule has 0 radical (unpaired) electrons. The van der Waals surface area contributed by atoms with Crippen LogP contribution >= 0.6 is 0 Å². The quantitative estimate of drug-likeness (QED) is 0.802. The molecule has 0 spiro atoms. The maximum absolute atomic E-state index is 4.45. The first-order valence-electron chi connectivity index (χ1n) is 6.03. The van der Waals surface area contributed by atoms with E-state index in [0.717, 1.165) is 31.0 Å². The Labute approximate surface area is 100 Å². The Bertz CT molecular complexity index is 574. The number of anilines is 1. The molecule has 4 nitrogen and oxygen atoms in total. The third-order valence-electron chi connectivity index (χ3n) is 3.41. The number of H-pyrrole nitrogens is 1. The topological polar surface area (TPSA) is 44.8 Å². The van der Waals surface area contributed by atoms with Crippen LogP contribution in [0, 0.1) is 0 Å². The minimum absolute atomic E-state index is 0.945. The summed E-state index contributed by atoms with van der Waals surface area (Å²) in [6.07, 6.45) is 6.87. The standard InChI is InChI=1S/C13H16N4/c1-3-9-6-17(7-9)13-11-10(4-2)5-14-12(11)15-8-16-13/h3,5,8H,4,6-7H2,1-2H3,(H,14,15,16). The highest BCUT2D eigenvalue weighted by Gasteiger charge is 2.24. The lowest BCUT2D eigenvalue weighted by Gasteiger charge is -2.35. The van der Waals surface area contributed by atoms with Crippen LogP contribution in [0.1, 0.15) is 19.4 Å². The van der Waals surface area contributed by atoms with Crippen molar-refractivity contribution in [1.29, 1.82) is 0 Å². The van der Waals surface area contributed by atoms with E-state index in [1.807, 2.05) is 6.20 Å². The first-order chi connectivity index (χ1) is 8.33. The minimum Gasteiger partial charge on any atom is -0.348 e. The van der Waals surface area contributed by atoms with Crippen molar-refractivity contribution in [1.82, 2.24) is 15.0 Å². The van der Waals surface area contributed by atoms with Crippen molar-refractivity contribution in [2.24, 2.45) is 0 Å². The predicted octanol–water partition coefficient (Wildman–Crippen LogP) is 2.29. The predicted molar refractivity (Wildman–Crippen MR) is 69.2 cm³/mol. The molecule has 0 unspecified atom stereocenters. The van der Waals surface area contributed by atoms with Gasteiger partial charge in [-0.2, -0.15) is 0 Å². The van der Waals surface area contributed by atoms with Gasteiger partial charge in [0, 0.05) is 19.3 Å². The smallest absolute Gasteiger partial charge is 0.143 e. The lowest BCUT2D eigenvalue weighted by atomic mass is 10.1. The van der Waals surface area contributed by atoms with Crippen LogP contribution in [-0.4, -0.2) is 28.0 Å². The van der Waals surface area contributed by atoms with Gasteiger partial charge in [-0.3, -0.25) is 0 Å². The molecule has 3 heterocycles. The van der Waals surface area contributed by atoms with Crippen LogP contribution in [0.4, 0.5) is 5.82 Å². The van der Waals surface area contributed by atoms with Crippen molar-refractivity contribution >= 4 is 16.9 Å². The number of aryl methyl sites for hydroxylation is 1. The highest BCUT2D eigenvalue weighted by atomic mass is 15.2. The molecule has 0 saturated carbocycles. The van der Waals surface area contributed by atoms with Crippen LogP contribution in [0.15, 0.2) is 24.2 Å². The number of hydrogen-bond donors (Lipinski definition) is 1. The highest BCUT2D eigenvalue weighted by Crippen LogP contribution is 2.30. The van der Waals surface area contributed by atoms with Gasteiger partial charge < -0.3 is 9.88 Å². The second-order valence-electron chi connectivity index (χ2n) is 4.39. The number of aromatic amines is 1. The molecule has 17 heavy (non-hydrogen) atoms. The average Bonchev–Trinajstić information content (AvgIpc) is 2.71. The zero-order chi connectivity index (χ0) is 11.8. The van der Waals surface area contributed by atoms with Gasteiger partial charge in [0.2, 0.25) is 0 Å². The summed E-state index contributed by atoms with van der Waals surface area (Å²) < 4.78 is 0. The molecule has 2 aromatic heterocycles. The van der Waals surface area contributed by atoms with E-state index in [1.54, 1.807) is 6.33 Å². The van der Waals surface area contributed by atoms with E-state index in [2.05, 4.69) is 39.8 Å². The van der Waals surface area contributed by atoms with E-state index >= 15 is 0 Å². The Morgan fingerprint density at radius 1 is 1.41 bits per heavy atom. The molecule has 1 fully saturated rings. The Hall–Kier alpha value is -1.84. The summed E-state index contributed by atoms with van der Waals surface area (Å²) in [5.74, 6) is 1.07. The fraction of sp³-hybridized carbons (Fsp3) is 0.385. The molecule has 88 valence electrons. The fourth-order valence-electron chi connectivity index (χ4n) is 2.30. The van der Waals surface area contributed by atoms with E-state index in [9.17, 15) is 0 Å². The van der Waals surface area contributed by atoms with Crippen molar-refractivity contribution in [3.8, 4) is 0 Å². The molecule has 1 saturated heterocycles.